The topological polar surface area (TPSA) is 139 Å². The average molecular weight is 756 g/mol. The first-order valence-electron chi connectivity index (χ1n) is 19.7. The Bertz CT molecular complexity index is 1480. The first-order valence-corrected chi connectivity index (χ1v) is 20.5. The minimum atomic E-state index is -0.670. The van der Waals surface area contributed by atoms with E-state index in [0.717, 1.165) is 36.8 Å². The van der Waals surface area contributed by atoms with Gasteiger partial charge in [-0.05, 0) is 61.6 Å². The summed E-state index contributed by atoms with van der Waals surface area (Å²) in [6, 6.07) is 6.26. The maximum Gasteiger partial charge on any atom is 0.313 e. The van der Waals surface area contributed by atoms with E-state index in [2.05, 4.69) is 43.6 Å². The number of nitrogens with zero attached hydrogens (tertiary/aromatic N) is 2. The number of ether oxygens (including phenoxy) is 2. The largest absolute Gasteiger partial charge is 0.469 e. The second kappa shape index (κ2) is 21.5. The fraction of sp³-hybridized carbons (Fsp3) is 0.683. The Hall–Kier alpha value is -3.35. The highest BCUT2D eigenvalue weighted by Gasteiger charge is 2.38. The maximum atomic E-state index is 14.6. The Labute approximate surface area is 321 Å². The monoisotopic (exact) mass is 755 g/mol. The number of carbonyl (C=O) groups is 4. The van der Waals surface area contributed by atoms with E-state index in [4.69, 9.17) is 14.5 Å². The summed E-state index contributed by atoms with van der Waals surface area (Å²) in [7, 11) is 3.17. The van der Waals surface area contributed by atoms with Crippen LogP contribution in [0.2, 0.25) is 0 Å². The maximum absolute atomic E-state index is 14.6. The summed E-state index contributed by atoms with van der Waals surface area (Å²) >= 11 is 1.38. The number of hydrogen-bond acceptors (Lipinski definition) is 9. The lowest BCUT2D eigenvalue weighted by Crippen LogP contribution is -2.59. The Morgan fingerprint density at radius 3 is 2.26 bits per heavy atom. The van der Waals surface area contributed by atoms with Crippen LogP contribution in [0.3, 0.4) is 0 Å². The Morgan fingerprint density at radius 1 is 0.981 bits per heavy atom. The van der Waals surface area contributed by atoms with Crippen molar-refractivity contribution in [3.05, 3.63) is 51.5 Å². The summed E-state index contributed by atoms with van der Waals surface area (Å²) in [5, 5.41) is 11.9. The SMILES string of the molecule is CCCOC(CC(C(C)C)N(CCC)C(=O)C(NC(=O)C(NC)C(C)CC)C(C)CC)c1nc(C(=O)NC2Cc3ccccc3C(C(=O)OC)C2)cs1. The van der Waals surface area contributed by atoms with E-state index in [1.54, 1.807) is 12.4 Å². The molecule has 0 aliphatic heterocycles. The molecule has 3 amide bonds. The number of methoxy groups -OCH3 is 1. The van der Waals surface area contributed by atoms with E-state index in [9.17, 15) is 19.2 Å². The molecule has 1 aliphatic rings. The minimum absolute atomic E-state index is 0.0687. The van der Waals surface area contributed by atoms with Crippen molar-refractivity contribution in [1.29, 1.82) is 0 Å². The van der Waals surface area contributed by atoms with Crippen LogP contribution >= 0.6 is 11.3 Å². The van der Waals surface area contributed by atoms with Gasteiger partial charge in [0.2, 0.25) is 11.8 Å². The van der Waals surface area contributed by atoms with E-state index < -0.39 is 24.1 Å². The van der Waals surface area contributed by atoms with Crippen LogP contribution in [0, 0.1) is 17.8 Å². The van der Waals surface area contributed by atoms with Crippen LogP contribution < -0.4 is 16.0 Å². The van der Waals surface area contributed by atoms with Crippen molar-refractivity contribution in [3.8, 4) is 0 Å². The number of esters is 1. The van der Waals surface area contributed by atoms with Crippen LogP contribution in [-0.2, 0) is 30.3 Å². The molecule has 8 atom stereocenters. The molecular weight excluding hydrogens is 691 g/mol. The minimum Gasteiger partial charge on any atom is -0.469 e. The molecule has 2 aromatic rings. The summed E-state index contributed by atoms with van der Waals surface area (Å²) in [4.78, 5) is 61.2. The molecule has 12 heteroatoms. The zero-order chi connectivity index (χ0) is 39.2. The van der Waals surface area contributed by atoms with Gasteiger partial charge >= 0.3 is 5.97 Å². The molecule has 0 radical (unpaired) electrons. The van der Waals surface area contributed by atoms with Gasteiger partial charge in [-0.15, -0.1) is 11.3 Å². The average Bonchev–Trinajstić information content (AvgIpc) is 3.66. The summed E-state index contributed by atoms with van der Waals surface area (Å²) in [6.07, 6.45) is 4.23. The lowest BCUT2D eigenvalue weighted by molar-refractivity contribution is -0.143. The summed E-state index contributed by atoms with van der Waals surface area (Å²) in [5.41, 5.74) is 2.26. The number of benzene rings is 1. The number of nitrogens with one attached hydrogen (secondary N) is 3. The molecule has 1 aromatic carbocycles. The van der Waals surface area contributed by atoms with Gasteiger partial charge in [0.15, 0.2) is 0 Å². The number of rotatable bonds is 21. The molecule has 0 saturated heterocycles. The lowest BCUT2D eigenvalue weighted by Gasteiger charge is -2.39. The Balaban J connectivity index is 1.86. The quantitative estimate of drug-likeness (QED) is 0.124. The molecule has 0 fully saturated rings. The third-order valence-electron chi connectivity index (χ3n) is 10.7. The van der Waals surface area contributed by atoms with Crippen molar-refractivity contribution < 1.29 is 28.7 Å². The van der Waals surface area contributed by atoms with Gasteiger partial charge in [0.05, 0.1) is 19.1 Å². The zero-order valence-corrected chi connectivity index (χ0v) is 34.5. The fourth-order valence-electron chi connectivity index (χ4n) is 7.27. The van der Waals surface area contributed by atoms with Crippen molar-refractivity contribution in [2.45, 2.75) is 137 Å². The highest BCUT2D eigenvalue weighted by atomic mass is 32.1. The van der Waals surface area contributed by atoms with Crippen molar-refractivity contribution in [2.24, 2.45) is 17.8 Å². The van der Waals surface area contributed by atoms with E-state index >= 15 is 0 Å². The number of aromatic nitrogens is 1. The van der Waals surface area contributed by atoms with Crippen LogP contribution in [0.4, 0.5) is 0 Å². The van der Waals surface area contributed by atoms with Gasteiger partial charge in [0.25, 0.3) is 5.91 Å². The number of likely N-dealkylation sites (N-methyl/N-ethyl adjacent to an activating group) is 1. The van der Waals surface area contributed by atoms with Crippen molar-refractivity contribution in [3.63, 3.8) is 0 Å². The molecule has 3 N–H and O–H groups in total. The number of carbonyl (C=O) groups excluding carboxylic acids is 4. The van der Waals surface area contributed by atoms with Gasteiger partial charge in [0, 0.05) is 37.0 Å². The van der Waals surface area contributed by atoms with Crippen molar-refractivity contribution in [1.82, 2.24) is 25.8 Å². The molecule has 3 rings (SSSR count). The number of thiazole rings is 1. The van der Waals surface area contributed by atoms with E-state index in [1.165, 1.54) is 18.4 Å². The van der Waals surface area contributed by atoms with Crippen LogP contribution in [0.25, 0.3) is 0 Å². The first-order chi connectivity index (χ1) is 25.3. The van der Waals surface area contributed by atoms with Gasteiger partial charge in [-0.1, -0.05) is 92.5 Å². The number of hydrogen-bond donors (Lipinski definition) is 3. The molecule has 11 nitrogen and oxygen atoms in total. The molecule has 0 spiro atoms. The van der Waals surface area contributed by atoms with Crippen LogP contribution in [0.15, 0.2) is 29.6 Å². The van der Waals surface area contributed by atoms with Gasteiger partial charge in [0.1, 0.15) is 22.8 Å². The third-order valence-corrected chi connectivity index (χ3v) is 11.7. The summed E-state index contributed by atoms with van der Waals surface area (Å²) in [6.45, 7) is 17.5. The Kier molecular flexibility index (Phi) is 17.9. The third kappa shape index (κ3) is 11.6. The second-order valence-corrected chi connectivity index (χ2v) is 15.8. The molecule has 53 heavy (non-hydrogen) atoms. The highest BCUT2D eigenvalue weighted by molar-refractivity contribution is 7.09. The van der Waals surface area contributed by atoms with E-state index in [0.29, 0.717) is 43.1 Å². The lowest BCUT2D eigenvalue weighted by atomic mass is 9.80. The zero-order valence-electron chi connectivity index (χ0n) is 33.7. The molecule has 0 bridgehead atoms. The van der Waals surface area contributed by atoms with Crippen LogP contribution in [0.5, 0.6) is 0 Å². The Morgan fingerprint density at radius 2 is 1.66 bits per heavy atom. The van der Waals surface area contributed by atoms with E-state index in [1.807, 2.05) is 56.9 Å². The second-order valence-electron chi connectivity index (χ2n) is 14.9. The van der Waals surface area contributed by atoms with Gasteiger partial charge in [-0.25, -0.2) is 4.98 Å². The molecule has 1 aliphatic carbocycles. The number of fused-ring (bicyclic) bond motifs is 1. The predicted octanol–water partition coefficient (Wildman–Crippen LogP) is 6.43. The fourth-order valence-corrected chi connectivity index (χ4v) is 8.13. The van der Waals surface area contributed by atoms with Gasteiger partial charge in [-0.2, -0.15) is 0 Å². The van der Waals surface area contributed by atoms with Gasteiger partial charge < -0.3 is 30.3 Å². The normalized spacial score (nSPS) is 18.9. The first kappa shape index (κ1) is 44.0. The molecule has 0 saturated carbocycles. The summed E-state index contributed by atoms with van der Waals surface area (Å²) in [5.74, 6) is -1.19. The van der Waals surface area contributed by atoms with Crippen molar-refractivity contribution >= 4 is 35.0 Å². The molecule has 8 unspecified atom stereocenters. The van der Waals surface area contributed by atoms with Crippen LogP contribution in [-0.4, -0.2) is 85.1 Å². The predicted molar refractivity (Wildman–Crippen MR) is 211 cm³/mol. The standard InChI is InChI=1S/C41H65N5O6S/c1-11-19-46(40(49)36(27(8)14-4)45-38(48)35(42-9)26(7)13-3)33(25(5)6)23-34(52-20-12-2)39-44-32(24-53-39)37(47)43-29-21-28-17-15-16-18-30(28)31(22-29)41(50)51-10/h15-18,24-27,29,31,33-36,42H,11-14,19-23H2,1-10H3,(H,43,47)(H,45,48). The number of amides is 3. The molecule has 1 aromatic heterocycles. The van der Waals surface area contributed by atoms with Crippen molar-refractivity contribution in [2.75, 3.05) is 27.3 Å². The molecule has 296 valence electrons. The molecular formula is C41H65N5O6S. The van der Waals surface area contributed by atoms with Gasteiger partial charge in [-0.3, -0.25) is 19.2 Å². The van der Waals surface area contributed by atoms with Crippen LogP contribution in [0.1, 0.15) is 133 Å². The highest BCUT2D eigenvalue weighted by Crippen LogP contribution is 2.34. The molecule has 1 heterocycles. The summed E-state index contributed by atoms with van der Waals surface area (Å²) < 4.78 is 11.5. The smallest absolute Gasteiger partial charge is 0.313 e. The van der Waals surface area contributed by atoms with E-state index in [-0.39, 0.29) is 53.5 Å².